The Balaban J connectivity index is 3.21. The first-order valence-electron chi connectivity index (χ1n) is 5.69. The van der Waals surface area contributed by atoms with Gasteiger partial charge in [-0.15, -0.1) is 0 Å². The van der Waals surface area contributed by atoms with Crippen molar-refractivity contribution in [3.05, 3.63) is 29.3 Å². The van der Waals surface area contributed by atoms with Crippen LogP contribution in [0.1, 0.15) is 38.8 Å². The van der Waals surface area contributed by atoms with E-state index in [2.05, 4.69) is 4.72 Å². The largest absolute Gasteiger partial charge is 0.271 e. The Hall–Kier alpha value is -0.810. The summed E-state index contributed by atoms with van der Waals surface area (Å²) in [7, 11) is -1.65. The van der Waals surface area contributed by atoms with Crippen molar-refractivity contribution in [1.29, 1.82) is 0 Å². The lowest BCUT2D eigenvalue weighted by Gasteiger charge is -2.22. The summed E-state index contributed by atoms with van der Waals surface area (Å²) >= 11 is 0. The van der Waals surface area contributed by atoms with E-state index in [0.29, 0.717) is 0 Å². The highest BCUT2D eigenvalue weighted by molar-refractivity contribution is 7.83. The van der Waals surface area contributed by atoms with Crippen molar-refractivity contribution in [3.8, 4) is 0 Å². The average molecular weight is 275 g/mol. The Morgan fingerprint density at radius 2 is 1.72 bits per heavy atom. The number of hydrogen-bond acceptors (Lipinski definition) is 1. The third-order valence-corrected chi connectivity index (χ3v) is 3.76. The number of aryl methyl sites for hydroxylation is 1. The van der Waals surface area contributed by atoms with Crippen LogP contribution in [0.25, 0.3) is 0 Å². The van der Waals surface area contributed by atoms with Gasteiger partial charge >= 0.3 is 0 Å². The van der Waals surface area contributed by atoms with Gasteiger partial charge in [0.25, 0.3) is 5.92 Å². The zero-order valence-electron chi connectivity index (χ0n) is 11.3. The fourth-order valence-electron chi connectivity index (χ4n) is 1.48. The van der Waals surface area contributed by atoms with E-state index in [1.165, 1.54) is 12.1 Å². The quantitative estimate of drug-likeness (QED) is 0.898. The Morgan fingerprint density at radius 1 is 1.17 bits per heavy atom. The second kappa shape index (κ2) is 5.05. The van der Waals surface area contributed by atoms with Gasteiger partial charge in [0.1, 0.15) is 11.0 Å². The predicted octanol–water partition coefficient (Wildman–Crippen LogP) is 3.52. The molecular formula is C13H19F2NOS. The summed E-state index contributed by atoms with van der Waals surface area (Å²) in [6.45, 7) is 8.06. The second-order valence-corrected chi connectivity index (χ2v) is 6.69. The highest BCUT2D eigenvalue weighted by Gasteiger charge is 2.30. The topological polar surface area (TPSA) is 29.1 Å². The average Bonchev–Trinajstić information content (AvgIpc) is 2.13. The van der Waals surface area contributed by atoms with Crippen molar-refractivity contribution in [2.24, 2.45) is 0 Å². The number of hydrogen-bond donors (Lipinski definition) is 1. The van der Waals surface area contributed by atoms with E-state index in [9.17, 15) is 13.0 Å². The maximum absolute atomic E-state index is 13.5. The number of rotatable bonds is 3. The molecule has 1 aromatic rings. The second-order valence-electron chi connectivity index (χ2n) is 5.51. The summed E-state index contributed by atoms with van der Waals surface area (Å²) < 4.78 is 42.0. The molecule has 102 valence electrons. The SMILES string of the molecule is Cc1ccc(S(=O)NC(C)(C)C)c(C(C)(F)F)c1. The Morgan fingerprint density at radius 3 is 2.17 bits per heavy atom. The summed E-state index contributed by atoms with van der Waals surface area (Å²) in [6.07, 6.45) is 0. The number of alkyl halides is 2. The molecule has 1 unspecified atom stereocenters. The van der Waals surface area contributed by atoms with E-state index in [0.717, 1.165) is 12.5 Å². The fourth-order valence-corrected chi connectivity index (χ4v) is 2.78. The van der Waals surface area contributed by atoms with Crippen molar-refractivity contribution in [3.63, 3.8) is 0 Å². The van der Waals surface area contributed by atoms with Gasteiger partial charge in [0.2, 0.25) is 0 Å². The molecule has 0 saturated heterocycles. The fraction of sp³-hybridized carbons (Fsp3) is 0.538. The molecule has 0 aliphatic carbocycles. The van der Waals surface area contributed by atoms with E-state index >= 15 is 0 Å². The van der Waals surface area contributed by atoms with Gasteiger partial charge in [-0.05, 0) is 39.8 Å². The molecule has 0 aromatic heterocycles. The van der Waals surface area contributed by atoms with Crippen molar-refractivity contribution in [2.45, 2.75) is 51.0 Å². The molecule has 1 N–H and O–H groups in total. The van der Waals surface area contributed by atoms with Gasteiger partial charge < -0.3 is 0 Å². The smallest absolute Gasteiger partial charge is 0.237 e. The van der Waals surface area contributed by atoms with Gasteiger partial charge in [0.15, 0.2) is 0 Å². The van der Waals surface area contributed by atoms with E-state index in [1.54, 1.807) is 13.0 Å². The Kier molecular flexibility index (Phi) is 4.28. The molecule has 0 amide bonds. The molecule has 18 heavy (non-hydrogen) atoms. The van der Waals surface area contributed by atoms with E-state index in [-0.39, 0.29) is 10.5 Å². The van der Waals surface area contributed by atoms with Crippen LogP contribution in [0.3, 0.4) is 0 Å². The maximum atomic E-state index is 13.5. The first-order valence-corrected chi connectivity index (χ1v) is 6.84. The van der Waals surface area contributed by atoms with Gasteiger partial charge in [0, 0.05) is 18.0 Å². The van der Waals surface area contributed by atoms with Gasteiger partial charge in [-0.3, -0.25) is 0 Å². The summed E-state index contributed by atoms with van der Waals surface area (Å²) in [5.74, 6) is -3.00. The molecule has 0 bridgehead atoms. The minimum Gasteiger partial charge on any atom is -0.237 e. The number of nitrogens with one attached hydrogen (secondary N) is 1. The van der Waals surface area contributed by atoms with Gasteiger partial charge in [0.05, 0.1) is 4.90 Å². The minimum atomic E-state index is -3.00. The van der Waals surface area contributed by atoms with Crippen LogP contribution in [0.5, 0.6) is 0 Å². The molecule has 0 aliphatic heterocycles. The lowest BCUT2D eigenvalue weighted by Crippen LogP contribution is -2.37. The summed E-state index contributed by atoms with van der Waals surface area (Å²) in [4.78, 5) is 0.142. The van der Waals surface area contributed by atoms with Crippen LogP contribution in [-0.4, -0.2) is 9.75 Å². The van der Waals surface area contributed by atoms with E-state index in [1.807, 2.05) is 20.8 Å². The van der Waals surface area contributed by atoms with Crippen LogP contribution in [-0.2, 0) is 16.9 Å². The molecule has 1 rings (SSSR count). The Labute approximate surface area is 109 Å². The molecule has 0 spiro atoms. The third-order valence-electron chi connectivity index (χ3n) is 2.21. The summed E-state index contributed by atoms with van der Waals surface area (Å²) in [6, 6.07) is 4.57. The summed E-state index contributed by atoms with van der Waals surface area (Å²) in [5, 5.41) is 0. The van der Waals surface area contributed by atoms with Crippen LogP contribution in [0.2, 0.25) is 0 Å². The molecule has 0 saturated carbocycles. The van der Waals surface area contributed by atoms with Crippen molar-refractivity contribution in [2.75, 3.05) is 0 Å². The van der Waals surface area contributed by atoms with Crippen LogP contribution >= 0.6 is 0 Å². The molecule has 0 fully saturated rings. The van der Waals surface area contributed by atoms with Crippen LogP contribution in [0.4, 0.5) is 8.78 Å². The zero-order valence-corrected chi connectivity index (χ0v) is 12.1. The molecule has 0 heterocycles. The van der Waals surface area contributed by atoms with Crippen molar-refractivity contribution >= 4 is 11.0 Å². The molecule has 1 aromatic carbocycles. The predicted molar refractivity (Wildman–Crippen MR) is 70.0 cm³/mol. The highest BCUT2D eigenvalue weighted by atomic mass is 32.2. The molecule has 1 atom stereocenters. The number of benzene rings is 1. The monoisotopic (exact) mass is 275 g/mol. The van der Waals surface area contributed by atoms with Crippen molar-refractivity contribution in [1.82, 2.24) is 4.72 Å². The summed E-state index contributed by atoms with van der Waals surface area (Å²) in [5.41, 5.74) is 0.136. The maximum Gasteiger partial charge on any atom is 0.271 e. The molecule has 0 radical (unpaired) electrons. The molecule has 0 aliphatic rings. The number of halogens is 2. The zero-order chi connectivity index (χ0) is 14.1. The van der Waals surface area contributed by atoms with Gasteiger partial charge in [-0.25, -0.2) is 17.7 Å². The molecule has 2 nitrogen and oxygen atoms in total. The van der Waals surface area contributed by atoms with Crippen LogP contribution in [0.15, 0.2) is 23.1 Å². The highest BCUT2D eigenvalue weighted by Crippen LogP contribution is 2.32. The molecule has 5 heteroatoms. The Bertz CT molecular complexity index is 461. The first kappa shape index (κ1) is 15.2. The van der Waals surface area contributed by atoms with Crippen molar-refractivity contribution < 1.29 is 13.0 Å². The van der Waals surface area contributed by atoms with Gasteiger partial charge in [-0.1, -0.05) is 11.6 Å². The van der Waals surface area contributed by atoms with Gasteiger partial charge in [-0.2, -0.15) is 0 Å². The van der Waals surface area contributed by atoms with Crippen LogP contribution < -0.4 is 4.72 Å². The normalized spacial score (nSPS) is 14.6. The standard InChI is InChI=1S/C13H19F2NOS/c1-9-6-7-11(10(8-9)13(5,14)15)18(17)16-12(2,3)4/h6-8,16H,1-5H3. The molecular weight excluding hydrogens is 256 g/mol. The lowest BCUT2D eigenvalue weighted by molar-refractivity contribution is 0.0144. The minimum absolute atomic E-state index is 0.142. The van der Waals surface area contributed by atoms with Crippen LogP contribution in [0, 0.1) is 6.92 Å². The first-order chi connectivity index (χ1) is 8.00. The van der Waals surface area contributed by atoms with E-state index in [4.69, 9.17) is 0 Å². The lowest BCUT2D eigenvalue weighted by atomic mass is 10.1. The van der Waals surface area contributed by atoms with E-state index < -0.39 is 22.4 Å². The third kappa shape index (κ3) is 4.14.